The third kappa shape index (κ3) is 5.32. The lowest BCUT2D eigenvalue weighted by atomic mass is 9.94. The fourth-order valence-corrected chi connectivity index (χ4v) is 4.56. The number of fused-ring (bicyclic) bond motifs is 3. The van der Waals surface area contributed by atoms with Crippen molar-refractivity contribution in [3.8, 4) is 0 Å². The first-order valence-corrected chi connectivity index (χ1v) is 10.5. The summed E-state index contributed by atoms with van der Waals surface area (Å²) in [7, 11) is 0. The van der Waals surface area contributed by atoms with Crippen molar-refractivity contribution in [2.24, 2.45) is 11.8 Å². The van der Waals surface area contributed by atoms with Crippen LogP contribution in [0.1, 0.15) is 53.2 Å². The van der Waals surface area contributed by atoms with Gasteiger partial charge in [0.05, 0.1) is 6.04 Å². The number of carboxylic acids is 1. The van der Waals surface area contributed by atoms with E-state index in [1.54, 1.807) is 6.07 Å². The second-order valence-corrected chi connectivity index (χ2v) is 8.68. The number of alkyl halides is 3. The summed E-state index contributed by atoms with van der Waals surface area (Å²) >= 11 is 0. The van der Waals surface area contributed by atoms with E-state index in [0.717, 1.165) is 25.4 Å². The van der Waals surface area contributed by atoms with E-state index >= 15 is 0 Å². The molecule has 2 N–H and O–H groups in total. The van der Waals surface area contributed by atoms with Crippen LogP contribution in [0.5, 0.6) is 0 Å². The predicted octanol–water partition coefficient (Wildman–Crippen LogP) is 4.38. The van der Waals surface area contributed by atoms with Crippen LogP contribution in [0.2, 0.25) is 0 Å². The lowest BCUT2D eigenvalue weighted by molar-refractivity contribution is -0.192. The Kier molecular flexibility index (Phi) is 6.97. The van der Waals surface area contributed by atoms with E-state index in [2.05, 4.69) is 48.3 Å². The largest absolute Gasteiger partial charge is 0.490 e. The average molecular weight is 452 g/mol. The minimum atomic E-state index is -5.08. The van der Waals surface area contributed by atoms with E-state index in [9.17, 15) is 18.0 Å². The van der Waals surface area contributed by atoms with Crippen LogP contribution in [-0.2, 0) is 4.79 Å². The number of rotatable bonds is 4. The molecule has 174 valence electrons. The smallest absolute Gasteiger partial charge is 0.475 e. The highest BCUT2D eigenvalue weighted by Gasteiger charge is 2.46. The van der Waals surface area contributed by atoms with Gasteiger partial charge in [-0.15, -0.1) is 0 Å². The summed E-state index contributed by atoms with van der Waals surface area (Å²) in [5, 5.41) is 10.4. The molecule has 2 heterocycles. The number of hydrogen-bond donors (Lipinski definition) is 2. The first kappa shape index (κ1) is 23.8. The summed E-state index contributed by atoms with van der Waals surface area (Å²) in [5.74, 6) is -0.0967. The predicted molar refractivity (Wildman–Crippen MR) is 111 cm³/mol. The number of amides is 1. The Morgan fingerprint density at radius 1 is 1.16 bits per heavy atom. The first-order chi connectivity index (χ1) is 15.0. The van der Waals surface area contributed by atoms with Crippen LogP contribution >= 0.6 is 0 Å². The number of carbonyl (C=O) groups is 2. The minimum Gasteiger partial charge on any atom is -0.475 e. The molecule has 0 bridgehead atoms. The number of nitrogens with zero attached hydrogens (tertiary/aromatic N) is 1. The molecule has 3 atom stereocenters. The Bertz CT molecular complexity index is 970. The molecule has 0 unspecified atom stereocenters. The van der Waals surface area contributed by atoms with Gasteiger partial charge in [-0.2, -0.15) is 13.2 Å². The van der Waals surface area contributed by atoms with Crippen molar-refractivity contribution in [1.82, 2.24) is 10.2 Å². The van der Waals surface area contributed by atoms with Gasteiger partial charge in [0, 0.05) is 31.5 Å². The van der Waals surface area contributed by atoms with E-state index in [-0.39, 0.29) is 11.9 Å². The van der Waals surface area contributed by atoms with Crippen LogP contribution in [0.3, 0.4) is 0 Å². The Balaban J connectivity index is 0.000000360. The number of likely N-dealkylation sites (tertiary alicyclic amines) is 1. The highest BCUT2D eigenvalue weighted by atomic mass is 19.4. The van der Waals surface area contributed by atoms with E-state index in [0.29, 0.717) is 23.5 Å². The van der Waals surface area contributed by atoms with Crippen molar-refractivity contribution in [3.63, 3.8) is 0 Å². The van der Waals surface area contributed by atoms with E-state index in [4.69, 9.17) is 14.3 Å². The number of nitrogens with one attached hydrogen (secondary N) is 1. The zero-order valence-electron chi connectivity index (χ0n) is 18.1. The standard InChI is InChI=1S/C21H26N2O2.C2HF3O2/c1-13(2)10-23-11-17-15-6-4-5-7-16(15)20(18(17)12-23)22-21(24)19-9-8-14(3)25-19;3-2(4,5)1(6)7/h4-9,13,17-18,20H,10-12H2,1-3H3,(H,22,24);(H,6,7)/t17-,18-,20+;/m0./s1. The number of furan rings is 1. The van der Waals surface area contributed by atoms with Gasteiger partial charge in [-0.1, -0.05) is 38.1 Å². The van der Waals surface area contributed by atoms with Gasteiger partial charge in [-0.25, -0.2) is 4.79 Å². The van der Waals surface area contributed by atoms with E-state index in [1.165, 1.54) is 11.1 Å². The second kappa shape index (κ2) is 9.36. The molecular formula is C23H27F3N2O4. The van der Waals surface area contributed by atoms with Crippen LogP contribution < -0.4 is 5.32 Å². The number of benzene rings is 1. The van der Waals surface area contributed by atoms with Crippen LogP contribution in [0.25, 0.3) is 0 Å². The summed E-state index contributed by atoms with van der Waals surface area (Å²) in [6.45, 7) is 9.64. The molecule has 2 aromatic rings. The highest BCUT2D eigenvalue weighted by Crippen LogP contribution is 2.49. The summed E-state index contributed by atoms with van der Waals surface area (Å²) < 4.78 is 37.2. The van der Waals surface area contributed by atoms with Gasteiger partial charge in [0.25, 0.3) is 5.91 Å². The summed E-state index contributed by atoms with van der Waals surface area (Å²) in [6.07, 6.45) is -5.08. The number of carbonyl (C=O) groups excluding carboxylic acids is 1. The Morgan fingerprint density at radius 3 is 2.31 bits per heavy atom. The summed E-state index contributed by atoms with van der Waals surface area (Å²) in [6, 6.07) is 12.2. The first-order valence-electron chi connectivity index (χ1n) is 10.5. The quantitative estimate of drug-likeness (QED) is 0.720. The maximum atomic E-state index is 12.7. The number of aryl methyl sites for hydroxylation is 1. The second-order valence-electron chi connectivity index (χ2n) is 8.68. The van der Waals surface area contributed by atoms with Crippen LogP contribution in [-0.4, -0.2) is 47.7 Å². The summed E-state index contributed by atoms with van der Waals surface area (Å²) in [4.78, 5) is 24.1. The molecule has 1 fully saturated rings. The SMILES string of the molecule is Cc1ccc(C(=O)N[C@@H]2c3ccccc3[C@@H]3CN(CC(C)C)C[C@H]23)o1.O=C(O)C(F)(F)F. The van der Waals surface area contributed by atoms with Gasteiger partial charge in [0.15, 0.2) is 5.76 Å². The van der Waals surface area contributed by atoms with Crippen molar-refractivity contribution >= 4 is 11.9 Å². The molecule has 0 spiro atoms. The van der Waals surface area contributed by atoms with E-state index < -0.39 is 12.1 Å². The molecule has 9 heteroatoms. The van der Waals surface area contributed by atoms with Crippen molar-refractivity contribution < 1.29 is 32.3 Å². The lowest BCUT2D eigenvalue weighted by Crippen LogP contribution is -2.34. The van der Waals surface area contributed by atoms with Crippen molar-refractivity contribution in [1.29, 1.82) is 0 Å². The topological polar surface area (TPSA) is 82.8 Å². The molecule has 2 aliphatic rings. The fourth-order valence-electron chi connectivity index (χ4n) is 4.56. The maximum Gasteiger partial charge on any atom is 0.490 e. The van der Waals surface area contributed by atoms with E-state index in [1.807, 2.05) is 13.0 Å². The lowest BCUT2D eigenvalue weighted by Gasteiger charge is -2.23. The summed E-state index contributed by atoms with van der Waals surface area (Å²) in [5.41, 5.74) is 2.68. The van der Waals surface area contributed by atoms with Crippen LogP contribution in [0.4, 0.5) is 13.2 Å². The third-order valence-electron chi connectivity index (χ3n) is 5.72. The normalized spacial score (nSPS) is 22.2. The number of aliphatic carboxylic acids is 1. The van der Waals surface area contributed by atoms with Crippen molar-refractivity contribution in [2.75, 3.05) is 19.6 Å². The Labute approximate surface area is 184 Å². The molecule has 6 nitrogen and oxygen atoms in total. The number of halogens is 3. The molecular weight excluding hydrogens is 425 g/mol. The molecule has 0 radical (unpaired) electrons. The van der Waals surface area contributed by atoms with Gasteiger partial charge in [-0.05, 0) is 36.1 Å². The molecule has 32 heavy (non-hydrogen) atoms. The molecule has 4 rings (SSSR count). The molecule has 1 amide bonds. The Hall–Kier alpha value is -2.81. The molecule has 1 aliphatic heterocycles. The molecule has 1 aromatic carbocycles. The third-order valence-corrected chi connectivity index (χ3v) is 5.72. The Morgan fingerprint density at radius 2 is 1.78 bits per heavy atom. The highest BCUT2D eigenvalue weighted by molar-refractivity contribution is 5.92. The van der Waals surface area contributed by atoms with Crippen LogP contribution in [0, 0.1) is 18.8 Å². The van der Waals surface area contributed by atoms with Gasteiger partial charge in [0.1, 0.15) is 5.76 Å². The van der Waals surface area contributed by atoms with Crippen molar-refractivity contribution in [2.45, 2.75) is 38.9 Å². The fraction of sp³-hybridized carbons (Fsp3) is 0.478. The van der Waals surface area contributed by atoms with Gasteiger partial charge < -0.3 is 19.7 Å². The number of carboxylic acid groups (broad SMARTS) is 1. The van der Waals surface area contributed by atoms with Gasteiger partial charge in [-0.3, -0.25) is 4.79 Å². The minimum absolute atomic E-state index is 0.0660. The zero-order valence-corrected chi connectivity index (χ0v) is 18.1. The molecule has 0 saturated carbocycles. The molecule has 1 saturated heterocycles. The number of hydrogen-bond acceptors (Lipinski definition) is 4. The maximum absolute atomic E-state index is 12.7. The average Bonchev–Trinajstić information content (AvgIpc) is 3.37. The monoisotopic (exact) mass is 452 g/mol. The zero-order chi connectivity index (χ0) is 23.6. The molecule has 1 aromatic heterocycles. The van der Waals surface area contributed by atoms with Crippen molar-refractivity contribution in [3.05, 3.63) is 59.0 Å². The van der Waals surface area contributed by atoms with Gasteiger partial charge in [0.2, 0.25) is 0 Å². The van der Waals surface area contributed by atoms with Gasteiger partial charge >= 0.3 is 12.1 Å². The molecule has 1 aliphatic carbocycles. The van der Waals surface area contributed by atoms with Crippen LogP contribution in [0.15, 0.2) is 40.8 Å².